The van der Waals surface area contributed by atoms with E-state index in [-0.39, 0.29) is 42.6 Å². The largest absolute Gasteiger partial charge is 0.487 e. The molecule has 2 aliphatic heterocycles. The van der Waals surface area contributed by atoms with Crippen molar-refractivity contribution in [1.82, 2.24) is 24.4 Å². The molecule has 0 N–H and O–H groups in total. The van der Waals surface area contributed by atoms with Gasteiger partial charge in [0.25, 0.3) is 5.88 Å². The van der Waals surface area contributed by atoms with Crippen LogP contribution in [0.25, 0.3) is 16.7 Å². The molecule has 0 radical (unpaired) electrons. The van der Waals surface area contributed by atoms with Gasteiger partial charge in [-0.05, 0) is 37.1 Å². The first-order valence-corrected chi connectivity index (χ1v) is 12.5. The standard InChI is InChI=1S/C27H29FN6O4/c1-5-21(35)32-10-11-33(17(4)15-32)24-18-14-19(28)26-30-25(18)34(27(36)31-24)23-20(37-12-6-7-13-38-26)8-9-29-22(23)16(2)3/h5-9,14,16-17H,1,10-13,15H2,2-4H3/b7-6-/t17-/m0/s1. The summed E-state index contributed by atoms with van der Waals surface area (Å²) in [6.45, 7) is 10.9. The monoisotopic (exact) mass is 520 g/mol. The van der Waals surface area contributed by atoms with Gasteiger partial charge in [-0.1, -0.05) is 20.4 Å². The summed E-state index contributed by atoms with van der Waals surface area (Å²) < 4.78 is 28.2. The third kappa shape index (κ3) is 4.48. The van der Waals surface area contributed by atoms with Crippen LogP contribution in [-0.2, 0) is 4.79 Å². The fourth-order valence-corrected chi connectivity index (χ4v) is 4.83. The van der Waals surface area contributed by atoms with Gasteiger partial charge in [-0.3, -0.25) is 9.78 Å². The zero-order valence-electron chi connectivity index (χ0n) is 21.6. The molecular weight excluding hydrogens is 491 g/mol. The molecule has 3 aromatic rings. The van der Waals surface area contributed by atoms with E-state index < -0.39 is 11.5 Å². The van der Waals surface area contributed by atoms with Crippen LogP contribution in [-0.4, -0.2) is 69.2 Å². The number of amides is 1. The van der Waals surface area contributed by atoms with Crippen LogP contribution in [0.3, 0.4) is 0 Å². The van der Waals surface area contributed by atoms with E-state index in [2.05, 4.69) is 21.5 Å². The van der Waals surface area contributed by atoms with Gasteiger partial charge in [0, 0.05) is 37.9 Å². The van der Waals surface area contributed by atoms with Crippen molar-refractivity contribution in [2.75, 3.05) is 37.7 Å². The Hall–Kier alpha value is -4.28. The summed E-state index contributed by atoms with van der Waals surface area (Å²) in [4.78, 5) is 43.0. The molecule has 5 heterocycles. The van der Waals surface area contributed by atoms with Crippen molar-refractivity contribution in [3.63, 3.8) is 0 Å². The molecule has 38 heavy (non-hydrogen) atoms. The van der Waals surface area contributed by atoms with Crippen molar-refractivity contribution < 1.29 is 18.7 Å². The number of nitrogens with zero attached hydrogens (tertiary/aromatic N) is 6. The highest BCUT2D eigenvalue weighted by Crippen LogP contribution is 2.35. The highest BCUT2D eigenvalue weighted by Gasteiger charge is 2.31. The molecule has 1 saturated heterocycles. The molecule has 5 rings (SSSR count). The smallest absolute Gasteiger partial charge is 0.356 e. The number of fused-ring (bicyclic) bond motifs is 3. The van der Waals surface area contributed by atoms with E-state index in [1.54, 1.807) is 29.3 Å². The fraction of sp³-hybridized carbons (Fsp3) is 0.370. The Morgan fingerprint density at radius 3 is 2.68 bits per heavy atom. The van der Waals surface area contributed by atoms with Crippen LogP contribution in [0.1, 0.15) is 32.4 Å². The Kier molecular flexibility index (Phi) is 6.83. The molecule has 1 atom stereocenters. The number of piperazine rings is 1. The molecule has 0 aromatic carbocycles. The first-order valence-electron chi connectivity index (χ1n) is 12.5. The molecule has 0 aliphatic carbocycles. The highest BCUT2D eigenvalue weighted by atomic mass is 19.1. The number of hydrogen-bond donors (Lipinski definition) is 0. The third-order valence-electron chi connectivity index (χ3n) is 6.66. The van der Waals surface area contributed by atoms with Gasteiger partial charge < -0.3 is 19.3 Å². The summed E-state index contributed by atoms with van der Waals surface area (Å²) in [5.74, 6) is -0.395. The Morgan fingerprint density at radius 2 is 1.97 bits per heavy atom. The van der Waals surface area contributed by atoms with Crippen LogP contribution in [0.2, 0.25) is 0 Å². The van der Waals surface area contributed by atoms with E-state index in [1.807, 2.05) is 25.7 Å². The van der Waals surface area contributed by atoms with Crippen molar-refractivity contribution in [3.8, 4) is 17.3 Å². The van der Waals surface area contributed by atoms with Gasteiger partial charge in [0.05, 0.1) is 11.1 Å². The lowest BCUT2D eigenvalue weighted by Gasteiger charge is -2.40. The normalized spacial score (nSPS) is 18.3. The number of carbonyl (C=O) groups is 1. The van der Waals surface area contributed by atoms with Crippen molar-refractivity contribution in [1.29, 1.82) is 0 Å². The quantitative estimate of drug-likeness (QED) is 0.384. The lowest BCUT2D eigenvalue weighted by atomic mass is 10.1. The second-order valence-corrected chi connectivity index (χ2v) is 9.52. The number of pyridine rings is 2. The highest BCUT2D eigenvalue weighted by molar-refractivity contribution is 5.90. The summed E-state index contributed by atoms with van der Waals surface area (Å²) in [5.41, 5.74) is 0.587. The zero-order valence-corrected chi connectivity index (χ0v) is 21.6. The second-order valence-electron chi connectivity index (χ2n) is 9.52. The Bertz CT molecular complexity index is 1500. The molecule has 10 nitrogen and oxygen atoms in total. The molecule has 0 saturated carbocycles. The molecule has 2 bridgehead atoms. The lowest BCUT2D eigenvalue weighted by molar-refractivity contribution is -0.126. The molecule has 198 valence electrons. The van der Waals surface area contributed by atoms with Crippen LogP contribution in [0.4, 0.5) is 10.2 Å². The summed E-state index contributed by atoms with van der Waals surface area (Å²) in [5, 5.41) is 0.335. The average molecular weight is 521 g/mol. The molecule has 11 heteroatoms. The van der Waals surface area contributed by atoms with Gasteiger partial charge in [0.2, 0.25) is 5.91 Å². The predicted molar refractivity (Wildman–Crippen MR) is 141 cm³/mol. The molecule has 1 fully saturated rings. The maximum Gasteiger partial charge on any atom is 0.356 e. The number of ether oxygens (including phenoxy) is 2. The number of aromatic nitrogens is 4. The molecule has 3 aromatic heterocycles. The van der Waals surface area contributed by atoms with Crippen molar-refractivity contribution in [3.05, 3.63) is 65.1 Å². The second kappa shape index (κ2) is 10.2. The van der Waals surface area contributed by atoms with E-state index in [4.69, 9.17) is 9.47 Å². The van der Waals surface area contributed by atoms with E-state index >= 15 is 4.39 Å². The van der Waals surface area contributed by atoms with Crippen LogP contribution < -0.4 is 20.1 Å². The predicted octanol–water partition coefficient (Wildman–Crippen LogP) is 2.99. The van der Waals surface area contributed by atoms with Crippen LogP contribution >= 0.6 is 0 Å². The number of rotatable bonds is 3. The van der Waals surface area contributed by atoms with Crippen molar-refractivity contribution in [2.45, 2.75) is 32.7 Å². The molecule has 0 unspecified atom stereocenters. The van der Waals surface area contributed by atoms with Gasteiger partial charge in [-0.2, -0.15) is 9.97 Å². The number of hydrogen-bond acceptors (Lipinski definition) is 8. The van der Waals surface area contributed by atoms with Gasteiger partial charge in [0.1, 0.15) is 30.5 Å². The average Bonchev–Trinajstić information content (AvgIpc) is 2.89. The van der Waals surface area contributed by atoms with E-state index in [1.165, 1.54) is 16.7 Å². The lowest BCUT2D eigenvalue weighted by Crippen LogP contribution is -2.54. The molecular formula is C27H29FN6O4. The summed E-state index contributed by atoms with van der Waals surface area (Å²) in [7, 11) is 0. The fourth-order valence-electron chi connectivity index (χ4n) is 4.83. The molecule has 2 aliphatic rings. The topological polar surface area (TPSA) is 103 Å². The van der Waals surface area contributed by atoms with Crippen molar-refractivity contribution in [2.24, 2.45) is 0 Å². The van der Waals surface area contributed by atoms with E-state index in [0.29, 0.717) is 48.0 Å². The number of halogens is 1. The summed E-state index contributed by atoms with van der Waals surface area (Å²) in [6, 6.07) is 2.79. The third-order valence-corrected chi connectivity index (χ3v) is 6.66. The van der Waals surface area contributed by atoms with E-state index in [0.717, 1.165) is 0 Å². The molecule has 0 spiro atoms. The van der Waals surface area contributed by atoms with Gasteiger partial charge in [0.15, 0.2) is 11.5 Å². The van der Waals surface area contributed by atoms with Crippen LogP contribution in [0, 0.1) is 5.82 Å². The van der Waals surface area contributed by atoms with Crippen molar-refractivity contribution >= 4 is 22.8 Å². The minimum Gasteiger partial charge on any atom is -0.487 e. The Labute approximate surface area is 219 Å². The van der Waals surface area contributed by atoms with Crippen LogP contribution in [0.15, 0.2) is 47.9 Å². The maximum atomic E-state index is 15.3. The summed E-state index contributed by atoms with van der Waals surface area (Å²) in [6.07, 6.45) is 6.38. The first-order chi connectivity index (χ1) is 18.3. The maximum absolute atomic E-state index is 15.3. The Morgan fingerprint density at radius 1 is 1.21 bits per heavy atom. The van der Waals surface area contributed by atoms with Gasteiger partial charge in [-0.25, -0.2) is 13.8 Å². The van der Waals surface area contributed by atoms with Crippen LogP contribution in [0.5, 0.6) is 11.6 Å². The van der Waals surface area contributed by atoms with E-state index in [9.17, 15) is 9.59 Å². The minimum absolute atomic E-state index is 0.0645. The number of anilines is 1. The van der Waals surface area contributed by atoms with Gasteiger partial charge >= 0.3 is 5.69 Å². The minimum atomic E-state index is -0.670. The zero-order chi connectivity index (χ0) is 27.0. The molecule has 1 amide bonds. The Balaban J connectivity index is 1.77. The first kappa shape index (κ1) is 25.4. The summed E-state index contributed by atoms with van der Waals surface area (Å²) >= 11 is 0. The van der Waals surface area contributed by atoms with Gasteiger partial charge in [-0.15, -0.1) is 0 Å². The number of carbonyl (C=O) groups excluding carboxylic acids is 1. The SMILES string of the molecule is C=CC(=O)N1CCN(c2nc(=O)n3c4nc(c(F)cc24)OC/C=C\COc2ccnc(C(C)C)c2-3)[C@@H](C)C1.